The number of carbonyl (C=O) groups is 3. The summed E-state index contributed by atoms with van der Waals surface area (Å²) in [6.45, 7) is 4.37. The number of rotatable bonds is 5. The van der Waals surface area contributed by atoms with Crippen molar-refractivity contribution in [2.75, 3.05) is 11.9 Å². The highest BCUT2D eigenvalue weighted by atomic mass is 32.1. The molecule has 0 spiro atoms. The highest BCUT2D eigenvalue weighted by molar-refractivity contribution is 7.17. The summed E-state index contributed by atoms with van der Waals surface area (Å²) in [6.07, 6.45) is 1.03. The molecule has 28 heavy (non-hydrogen) atoms. The highest BCUT2D eigenvalue weighted by Crippen LogP contribution is 2.40. The summed E-state index contributed by atoms with van der Waals surface area (Å²) in [7, 11) is 0. The molecule has 2 aromatic rings. The second-order valence-corrected chi connectivity index (χ2v) is 8.29. The summed E-state index contributed by atoms with van der Waals surface area (Å²) in [5.74, 6) is -2.81. The van der Waals surface area contributed by atoms with E-state index < -0.39 is 23.4 Å². The number of hydrogen-bond donors (Lipinski definition) is 3. The predicted molar refractivity (Wildman–Crippen MR) is 106 cm³/mol. The molecule has 2 amide bonds. The number of anilines is 1. The summed E-state index contributed by atoms with van der Waals surface area (Å²) >= 11 is 1.14. The quantitative estimate of drug-likeness (QED) is 0.667. The van der Waals surface area contributed by atoms with E-state index in [9.17, 15) is 19.5 Å². The Hall–Kier alpha value is -2.71. The van der Waals surface area contributed by atoms with Gasteiger partial charge >= 0.3 is 17.8 Å². The summed E-state index contributed by atoms with van der Waals surface area (Å²) in [5.41, 5.74) is 1.27. The molecule has 1 aromatic carbocycles. The number of nitrogens with one attached hydrogen (secondary N) is 2. The Balaban J connectivity index is 1.66. The number of carboxylic acids is 1. The van der Waals surface area contributed by atoms with E-state index in [-0.39, 0.29) is 17.2 Å². The molecule has 0 bridgehead atoms. The first-order valence-corrected chi connectivity index (χ1v) is 9.73. The minimum atomic E-state index is -1.13. The molecular formula is C20H22N2O5S. The van der Waals surface area contributed by atoms with Crippen LogP contribution in [0, 0.1) is 0 Å². The number of aromatic carboxylic acids is 1. The van der Waals surface area contributed by atoms with Crippen molar-refractivity contribution in [1.29, 1.82) is 0 Å². The first-order chi connectivity index (χ1) is 13.3. The molecular weight excluding hydrogens is 380 g/mol. The van der Waals surface area contributed by atoms with Gasteiger partial charge in [0.1, 0.15) is 5.00 Å². The standard InChI is InChI=1S/C20H22N2O5S/c1-20(2)10-13-14(11-27-20)28-18(15(13)19(25)26)22-17(24)16(23)21-9-8-12-6-4-3-5-7-12/h3-7H,8-11H2,1-2H3,(H,21,23)(H,22,24)(H,25,26). The fourth-order valence-electron chi connectivity index (χ4n) is 3.07. The van der Waals surface area contributed by atoms with E-state index >= 15 is 0 Å². The van der Waals surface area contributed by atoms with Crippen LogP contribution in [0.2, 0.25) is 0 Å². The van der Waals surface area contributed by atoms with Gasteiger partial charge in [0.05, 0.1) is 17.8 Å². The fourth-order valence-corrected chi connectivity index (χ4v) is 4.19. The van der Waals surface area contributed by atoms with Crippen LogP contribution in [0.4, 0.5) is 5.00 Å². The maximum Gasteiger partial charge on any atom is 0.339 e. The third kappa shape index (κ3) is 4.58. The molecule has 1 aromatic heterocycles. The lowest BCUT2D eigenvalue weighted by Crippen LogP contribution is -2.36. The molecule has 0 aliphatic carbocycles. The number of carboxylic acid groups (broad SMARTS) is 1. The average Bonchev–Trinajstić information content (AvgIpc) is 2.98. The molecule has 7 nitrogen and oxygen atoms in total. The second-order valence-electron chi connectivity index (χ2n) is 7.18. The number of thiophene rings is 1. The number of fused-ring (bicyclic) bond motifs is 1. The molecule has 0 saturated carbocycles. The van der Waals surface area contributed by atoms with Crippen molar-refractivity contribution in [3.8, 4) is 0 Å². The lowest BCUT2D eigenvalue weighted by Gasteiger charge is -2.30. The first kappa shape index (κ1) is 20.0. The number of ether oxygens (including phenoxy) is 1. The van der Waals surface area contributed by atoms with Gasteiger partial charge in [-0.2, -0.15) is 0 Å². The van der Waals surface area contributed by atoms with Gasteiger partial charge in [-0.05, 0) is 31.4 Å². The van der Waals surface area contributed by atoms with Crippen LogP contribution in [0.15, 0.2) is 30.3 Å². The Morgan fingerprint density at radius 2 is 1.89 bits per heavy atom. The van der Waals surface area contributed by atoms with Crippen LogP contribution in [-0.2, 0) is 33.8 Å². The van der Waals surface area contributed by atoms with Crippen molar-refractivity contribution in [3.05, 3.63) is 51.9 Å². The molecule has 8 heteroatoms. The van der Waals surface area contributed by atoms with Gasteiger partial charge in [0.2, 0.25) is 0 Å². The van der Waals surface area contributed by atoms with Gasteiger partial charge in [0.25, 0.3) is 0 Å². The molecule has 0 radical (unpaired) electrons. The van der Waals surface area contributed by atoms with Crippen molar-refractivity contribution >= 4 is 34.1 Å². The molecule has 0 unspecified atom stereocenters. The van der Waals surface area contributed by atoms with Gasteiger partial charge in [-0.25, -0.2) is 4.79 Å². The Morgan fingerprint density at radius 1 is 1.18 bits per heavy atom. The van der Waals surface area contributed by atoms with Crippen molar-refractivity contribution in [3.63, 3.8) is 0 Å². The summed E-state index contributed by atoms with van der Waals surface area (Å²) in [4.78, 5) is 36.8. The Morgan fingerprint density at radius 3 is 2.57 bits per heavy atom. The van der Waals surface area contributed by atoms with Crippen molar-refractivity contribution in [1.82, 2.24) is 5.32 Å². The summed E-state index contributed by atoms with van der Waals surface area (Å²) in [5, 5.41) is 14.8. The molecule has 0 saturated heterocycles. The Labute approximate surface area is 166 Å². The van der Waals surface area contributed by atoms with E-state index in [0.717, 1.165) is 21.8 Å². The third-order valence-electron chi connectivity index (χ3n) is 4.48. The van der Waals surface area contributed by atoms with Crippen molar-refractivity contribution in [2.45, 2.75) is 38.9 Å². The maximum atomic E-state index is 12.2. The molecule has 0 atom stereocenters. The topological polar surface area (TPSA) is 105 Å². The fraction of sp³-hybridized carbons (Fsp3) is 0.350. The van der Waals surface area contributed by atoms with E-state index in [1.54, 1.807) is 0 Å². The zero-order chi connectivity index (χ0) is 20.3. The number of benzene rings is 1. The molecule has 3 N–H and O–H groups in total. The number of amides is 2. The van der Waals surface area contributed by atoms with Crippen LogP contribution in [0.1, 0.15) is 40.2 Å². The van der Waals surface area contributed by atoms with Gasteiger partial charge in [-0.15, -0.1) is 11.3 Å². The minimum Gasteiger partial charge on any atom is -0.478 e. The number of carbonyl (C=O) groups excluding carboxylic acids is 2. The largest absolute Gasteiger partial charge is 0.478 e. The lowest BCUT2D eigenvalue weighted by atomic mass is 9.93. The Kier molecular flexibility index (Phi) is 5.81. The van der Waals surface area contributed by atoms with Crippen molar-refractivity contribution in [2.24, 2.45) is 0 Å². The molecule has 3 rings (SSSR count). The van der Waals surface area contributed by atoms with E-state index in [2.05, 4.69) is 10.6 Å². The van der Waals surface area contributed by atoms with Crippen LogP contribution in [-0.4, -0.2) is 35.0 Å². The SMILES string of the molecule is CC1(C)Cc2c(sc(NC(=O)C(=O)NCCc3ccccc3)c2C(=O)O)CO1. The second kappa shape index (κ2) is 8.12. The smallest absolute Gasteiger partial charge is 0.339 e. The monoisotopic (exact) mass is 402 g/mol. The third-order valence-corrected chi connectivity index (χ3v) is 5.60. The summed E-state index contributed by atoms with van der Waals surface area (Å²) < 4.78 is 5.71. The van der Waals surface area contributed by atoms with Gasteiger partial charge in [0, 0.05) is 17.8 Å². The average molecular weight is 402 g/mol. The number of hydrogen-bond acceptors (Lipinski definition) is 5. The molecule has 0 fully saturated rings. The van der Waals surface area contributed by atoms with Crippen molar-refractivity contribution < 1.29 is 24.2 Å². The van der Waals surface area contributed by atoms with Crippen LogP contribution >= 0.6 is 11.3 Å². The van der Waals surface area contributed by atoms with E-state index in [1.807, 2.05) is 44.2 Å². The summed E-state index contributed by atoms with van der Waals surface area (Å²) in [6, 6.07) is 9.58. The van der Waals surface area contributed by atoms with Gasteiger partial charge in [-0.1, -0.05) is 30.3 Å². The molecule has 1 aliphatic heterocycles. The highest BCUT2D eigenvalue weighted by Gasteiger charge is 2.34. The van der Waals surface area contributed by atoms with Crippen LogP contribution in [0.25, 0.3) is 0 Å². The van der Waals surface area contributed by atoms with Crippen LogP contribution in [0.3, 0.4) is 0 Å². The lowest BCUT2D eigenvalue weighted by molar-refractivity contribution is -0.136. The minimum absolute atomic E-state index is 0.0433. The van der Waals surface area contributed by atoms with Crippen LogP contribution < -0.4 is 10.6 Å². The first-order valence-electron chi connectivity index (χ1n) is 8.92. The van der Waals surface area contributed by atoms with E-state index in [4.69, 9.17) is 4.74 Å². The molecule has 1 aliphatic rings. The molecule has 2 heterocycles. The van der Waals surface area contributed by atoms with Gasteiger partial charge < -0.3 is 20.5 Å². The van der Waals surface area contributed by atoms with Crippen LogP contribution in [0.5, 0.6) is 0 Å². The molecule has 148 valence electrons. The van der Waals surface area contributed by atoms with Gasteiger partial charge in [-0.3, -0.25) is 9.59 Å². The normalized spacial score (nSPS) is 14.8. The van der Waals surface area contributed by atoms with Gasteiger partial charge in [0.15, 0.2) is 0 Å². The Bertz CT molecular complexity index is 905. The zero-order valence-electron chi connectivity index (χ0n) is 15.7. The predicted octanol–water partition coefficient (Wildman–Crippen LogP) is 2.60. The van der Waals surface area contributed by atoms with E-state index in [0.29, 0.717) is 24.9 Å². The maximum absolute atomic E-state index is 12.2. The van der Waals surface area contributed by atoms with E-state index in [1.165, 1.54) is 0 Å². The zero-order valence-corrected chi connectivity index (χ0v) is 16.5.